The van der Waals surface area contributed by atoms with Gasteiger partial charge in [0.2, 0.25) is 5.88 Å². The molecule has 4 rings (SSSR count). The van der Waals surface area contributed by atoms with Crippen LogP contribution in [0.25, 0.3) is 0 Å². The Morgan fingerprint density at radius 2 is 1.94 bits per heavy atom. The van der Waals surface area contributed by atoms with Crippen molar-refractivity contribution in [1.29, 1.82) is 0 Å². The predicted octanol–water partition coefficient (Wildman–Crippen LogP) is 3.21. The average Bonchev–Trinajstić information content (AvgIpc) is 3.09. The number of alkyl halides is 3. The van der Waals surface area contributed by atoms with Crippen LogP contribution in [0, 0.1) is 5.92 Å². The summed E-state index contributed by atoms with van der Waals surface area (Å²) in [5, 5.41) is 7.12. The minimum atomic E-state index is -5.08. The molecule has 0 saturated carbocycles. The van der Waals surface area contributed by atoms with Crippen LogP contribution < -0.4 is 4.74 Å². The topological polar surface area (TPSA) is 76.8 Å². The van der Waals surface area contributed by atoms with E-state index in [1.807, 2.05) is 18.2 Å². The fraction of sp³-hybridized carbons (Fsp3) is 0.524. The molecule has 170 valence electrons. The first kappa shape index (κ1) is 23.1. The van der Waals surface area contributed by atoms with Gasteiger partial charge in [-0.2, -0.15) is 13.2 Å². The van der Waals surface area contributed by atoms with Crippen molar-refractivity contribution >= 4 is 5.97 Å². The number of carboxylic acid groups (broad SMARTS) is 1. The second-order valence-electron chi connectivity index (χ2n) is 7.61. The van der Waals surface area contributed by atoms with Crippen molar-refractivity contribution in [3.63, 3.8) is 0 Å². The van der Waals surface area contributed by atoms with Gasteiger partial charge in [0.05, 0.1) is 6.54 Å². The molecule has 2 aromatic heterocycles. The van der Waals surface area contributed by atoms with Gasteiger partial charge in [-0.1, -0.05) is 6.07 Å². The Balaban J connectivity index is 0.000000339. The number of pyridine rings is 1. The number of fused-ring (bicyclic) bond motifs is 1. The van der Waals surface area contributed by atoms with Gasteiger partial charge in [-0.15, -0.1) is 0 Å². The van der Waals surface area contributed by atoms with E-state index in [2.05, 4.69) is 32.8 Å². The maximum absolute atomic E-state index is 10.6. The molecule has 2 aromatic rings. The number of hydrogen-bond acceptors (Lipinski definition) is 5. The molecule has 2 aliphatic rings. The lowest BCUT2D eigenvalue weighted by atomic mass is 9.99. The molecular weight excluding hydrogens is 415 g/mol. The molecule has 4 heterocycles. The summed E-state index contributed by atoms with van der Waals surface area (Å²) >= 11 is 0. The van der Waals surface area contributed by atoms with Crippen molar-refractivity contribution in [1.82, 2.24) is 14.5 Å². The monoisotopic (exact) mass is 441 g/mol. The van der Waals surface area contributed by atoms with Crippen LogP contribution in [-0.2, 0) is 22.6 Å². The highest BCUT2D eigenvalue weighted by Crippen LogP contribution is 2.21. The van der Waals surface area contributed by atoms with E-state index in [1.54, 1.807) is 6.20 Å². The first-order chi connectivity index (χ1) is 14.8. The van der Waals surface area contributed by atoms with Gasteiger partial charge in [-0.25, -0.2) is 9.78 Å². The van der Waals surface area contributed by atoms with Crippen molar-refractivity contribution in [2.45, 2.75) is 38.2 Å². The molecule has 0 radical (unpaired) electrons. The van der Waals surface area contributed by atoms with E-state index in [4.69, 9.17) is 19.4 Å². The van der Waals surface area contributed by atoms with Crippen molar-refractivity contribution in [3.8, 4) is 5.88 Å². The van der Waals surface area contributed by atoms with Crippen LogP contribution in [0.2, 0.25) is 0 Å². The van der Waals surface area contributed by atoms with Crippen molar-refractivity contribution in [2.24, 2.45) is 5.92 Å². The summed E-state index contributed by atoms with van der Waals surface area (Å²) in [6.07, 6.45) is 1.31. The Labute approximate surface area is 178 Å². The number of rotatable bonds is 4. The van der Waals surface area contributed by atoms with Crippen molar-refractivity contribution in [2.75, 3.05) is 26.3 Å². The minimum absolute atomic E-state index is 0.119. The van der Waals surface area contributed by atoms with Crippen LogP contribution in [0.1, 0.15) is 18.5 Å². The maximum Gasteiger partial charge on any atom is 0.490 e. The lowest BCUT2D eigenvalue weighted by Gasteiger charge is -2.30. The summed E-state index contributed by atoms with van der Waals surface area (Å²) in [7, 11) is 0. The third kappa shape index (κ3) is 7.25. The highest BCUT2D eigenvalue weighted by atomic mass is 19.4. The molecule has 7 nitrogen and oxygen atoms in total. The van der Waals surface area contributed by atoms with E-state index in [0.29, 0.717) is 5.88 Å². The Morgan fingerprint density at radius 3 is 2.58 bits per heavy atom. The number of ether oxygens (including phenoxy) is 2. The third-order valence-electron chi connectivity index (χ3n) is 5.20. The molecule has 1 fully saturated rings. The van der Waals surface area contributed by atoms with Gasteiger partial charge in [0.1, 0.15) is 6.10 Å². The summed E-state index contributed by atoms with van der Waals surface area (Å²) in [5.41, 5.74) is 1.37. The second kappa shape index (κ2) is 10.6. The first-order valence-electron chi connectivity index (χ1n) is 10.1. The summed E-state index contributed by atoms with van der Waals surface area (Å²) in [5.74, 6) is -1.31. The van der Waals surface area contributed by atoms with Crippen LogP contribution >= 0.6 is 0 Å². The van der Waals surface area contributed by atoms with E-state index in [1.165, 1.54) is 18.5 Å². The van der Waals surface area contributed by atoms with E-state index >= 15 is 0 Å². The van der Waals surface area contributed by atoms with Crippen LogP contribution in [-0.4, -0.2) is 64.1 Å². The molecule has 1 N–H and O–H groups in total. The third-order valence-corrected chi connectivity index (χ3v) is 5.20. The number of aromatic nitrogens is 2. The van der Waals surface area contributed by atoms with Crippen molar-refractivity contribution < 1.29 is 32.5 Å². The number of aliphatic carboxylic acids is 1. The van der Waals surface area contributed by atoms with E-state index in [0.717, 1.165) is 45.3 Å². The lowest BCUT2D eigenvalue weighted by Crippen LogP contribution is -2.38. The zero-order valence-corrected chi connectivity index (χ0v) is 17.0. The molecule has 1 atom stereocenters. The molecule has 0 aromatic carbocycles. The van der Waals surface area contributed by atoms with Crippen LogP contribution in [0.4, 0.5) is 13.2 Å². The number of hydrogen-bond donors (Lipinski definition) is 1. The molecule has 2 aliphatic heterocycles. The van der Waals surface area contributed by atoms with Gasteiger partial charge in [0.25, 0.3) is 0 Å². The predicted molar refractivity (Wildman–Crippen MR) is 106 cm³/mol. The number of halogens is 3. The van der Waals surface area contributed by atoms with Gasteiger partial charge < -0.3 is 19.1 Å². The molecule has 1 saturated heterocycles. The van der Waals surface area contributed by atoms with Crippen LogP contribution in [0.15, 0.2) is 42.7 Å². The van der Waals surface area contributed by atoms with Gasteiger partial charge in [-0.3, -0.25) is 4.90 Å². The first-order valence-corrected chi connectivity index (χ1v) is 10.1. The minimum Gasteiger partial charge on any atom is -0.475 e. The Bertz CT molecular complexity index is 823. The number of carbonyl (C=O) groups is 1. The van der Waals surface area contributed by atoms with Crippen LogP contribution in [0.3, 0.4) is 0 Å². The molecule has 10 heteroatoms. The normalized spacial score (nSPS) is 20.2. The highest BCUT2D eigenvalue weighted by Gasteiger charge is 2.38. The summed E-state index contributed by atoms with van der Waals surface area (Å²) in [6.45, 7) is 5.74. The summed E-state index contributed by atoms with van der Waals surface area (Å²) in [4.78, 5) is 15.8. The van der Waals surface area contributed by atoms with Gasteiger partial charge in [-0.05, 0) is 37.0 Å². The average molecular weight is 441 g/mol. The van der Waals surface area contributed by atoms with E-state index < -0.39 is 12.1 Å². The maximum atomic E-state index is 10.6. The summed E-state index contributed by atoms with van der Waals surface area (Å²) in [6, 6.07) is 10.2. The zero-order chi connectivity index (χ0) is 22.3. The Kier molecular flexibility index (Phi) is 7.91. The van der Waals surface area contributed by atoms with Gasteiger partial charge in [0, 0.05) is 57.0 Å². The lowest BCUT2D eigenvalue weighted by molar-refractivity contribution is -0.192. The number of carboxylic acids is 1. The van der Waals surface area contributed by atoms with Crippen molar-refractivity contribution in [3.05, 3.63) is 48.4 Å². The fourth-order valence-corrected chi connectivity index (χ4v) is 3.73. The SMILES string of the molecule is O=C(O)C(F)(F)F.c1ccc(OC2CN(CC3CCOCC3)Cc3cccn3C2)nc1. The van der Waals surface area contributed by atoms with E-state index in [-0.39, 0.29) is 6.10 Å². The quantitative estimate of drug-likeness (QED) is 0.785. The molecular formula is C21H26F3N3O4. The molecule has 0 amide bonds. The largest absolute Gasteiger partial charge is 0.490 e. The Morgan fingerprint density at radius 1 is 1.19 bits per heavy atom. The molecule has 0 aliphatic carbocycles. The fourth-order valence-electron chi connectivity index (χ4n) is 3.73. The van der Waals surface area contributed by atoms with E-state index in [9.17, 15) is 13.2 Å². The van der Waals surface area contributed by atoms with Gasteiger partial charge >= 0.3 is 12.1 Å². The van der Waals surface area contributed by atoms with Crippen LogP contribution in [0.5, 0.6) is 5.88 Å². The molecule has 1 unspecified atom stereocenters. The Hall–Kier alpha value is -2.59. The molecule has 0 bridgehead atoms. The van der Waals surface area contributed by atoms with Gasteiger partial charge in [0.15, 0.2) is 0 Å². The zero-order valence-electron chi connectivity index (χ0n) is 17.0. The smallest absolute Gasteiger partial charge is 0.475 e. The molecule has 0 spiro atoms. The summed E-state index contributed by atoms with van der Waals surface area (Å²) < 4.78 is 45.7. The highest BCUT2D eigenvalue weighted by molar-refractivity contribution is 5.73. The second-order valence-corrected chi connectivity index (χ2v) is 7.61. The molecule has 31 heavy (non-hydrogen) atoms. The standard InChI is InChI=1S/C19H25N3O2.C2HF3O2/c1-2-8-20-19(5-1)24-18-14-21(12-16-6-10-23-11-7-16)13-17-4-3-9-22(17)15-18;3-2(4,5)1(6)7/h1-5,8-9,16,18H,6-7,10-15H2;(H,6,7). The number of nitrogens with zero attached hydrogens (tertiary/aromatic N) is 3.